The number of para-hydroxylation sites is 1. The fourth-order valence-electron chi connectivity index (χ4n) is 7.07. The first-order valence-corrected chi connectivity index (χ1v) is 15.2. The number of fused-ring (bicyclic) bond motifs is 7. The van der Waals surface area contributed by atoms with Crippen molar-refractivity contribution in [3.8, 4) is 11.1 Å². The first kappa shape index (κ1) is 26.5. The summed E-state index contributed by atoms with van der Waals surface area (Å²) >= 11 is 0. The number of anilines is 3. The van der Waals surface area contributed by atoms with Gasteiger partial charge in [-0.2, -0.15) is 0 Å². The van der Waals surface area contributed by atoms with Gasteiger partial charge in [0.2, 0.25) is 0 Å². The highest BCUT2D eigenvalue weighted by atomic mass is 16.3. The maximum atomic E-state index is 6.83. The van der Waals surface area contributed by atoms with E-state index in [0.29, 0.717) is 0 Å². The normalized spacial score (nSPS) is 13.9. The molecule has 0 unspecified atom stereocenters. The number of aromatic nitrogens is 1. The number of aryl methyl sites for hydroxylation is 1. The van der Waals surface area contributed by atoms with Crippen molar-refractivity contribution < 1.29 is 4.42 Å². The van der Waals surface area contributed by atoms with E-state index in [9.17, 15) is 0 Å². The summed E-state index contributed by atoms with van der Waals surface area (Å²) in [6, 6.07) is 33.1. The minimum atomic E-state index is -0.0870. The number of hydrogen-bond acceptors (Lipinski definition) is 3. The Labute approximate surface area is 248 Å². The highest BCUT2D eigenvalue weighted by molar-refractivity contribution is 6.18. The molecule has 4 aromatic carbocycles. The number of benzene rings is 4. The smallest absolute Gasteiger partial charge is 0.145 e. The predicted molar refractivity (Wildman–Crippen MR) is 176 cm³/mol. The molecule has 0 spiro atoms. The van der Waals surface area contributed by atoms with Crippen molar-refractivity contribution in [2.45, 2.75) is 65.2 Å². The third kappa shape index (κ3) is 3.83. The van der Waals surface area contributed by atoms with Crippen LogP contribution in [-0.4, -0.2) is 4.98 Å². The molecule has 0 radical (unpaired) electrons. The van der Waals surface area contributed by atoms with Gasteiger partial charge < -0.3 is 4.42 Å². The van der Waals surface area contributed by atoms with E-state index in [1.165, 1.54) is 27.8 Å². The van der Waals surface area contributed by atoms with E-state index >= 15 is 0 Å². The van der Waals surface area contributed by atoms with Crippen LogP contribution in [0, 0.1) is 6.92 Å². The topological polar surface area (TPSA) is 29.3 Å². The summed E-state index contributed by atoms with van der Waals surface area (Å²) in [4.78, 5) is 7.31. The lowest BCUT2D eigenvalue weighted by molar-refractivity contribution is 0.490. The third-order valence-corrected chi connectivity index (χ3v) is 9.42. The van der Waals surface area contributed by atoms with Crippen LogP contribution < -0.4 is 4.90 Å². The van der Waals surface area contributed by atoms with Crippen LogP contribution >= 0.6 is 0 Å². The maximum Gasteiger partial charge on any atom is 0.145 e. The SMILES string of the molecule is CCC1(CC)c2ccccc2-c2c1cc(N(c1ccc(C(C)(C)C)cc1)c1ccc(C)cn1)c1c2oc2ccccc21. The Kier molecular flexibility index (Phi) is 6.06. The average Bonchev–Trinajstić information content (AvgIpc) is 3.52. The predicted octanol–water partition coefficient (Wildman–Crippen LogP) is 11.1. The highest BCUT2D eigenvalue weighted by Crippen LogP contribution is 2.58. The van der Waals surface area contributed by atoms with Gasteiger partial charge in [-0.1, -0.05) is 95.3 Å². The molecule has 0 aliphatic heterocycles. The lowest BCUT2D eigenvalue weighted by Gasteiger charge is -2.32. The molecule has 1 aliphatic carbocycles. The number of nitrogens with zero attached hydrogens (tertiary/aromatic N) is 2. The van der Waals surface area contributed by atoms with E-state index in [0.717, 1.165) is 57.5 Å². The second-order valence-electron chi connectivity index (χ2n) is 12.8. The van der Waals surface area contributed by atoms with Crippen molar-refractivity contribution in [2.75, 3.05) is 4.90 Å². The maximum absolute atomic E-state index is 6.83. The van der Waals surface area contributed by atoms with E-state index in [1.54, 1.807) is 0 Å². The molecule has 1 aliphatic rings. The van der Waals surface area contributed by atoms with Crippen LogP contribution in [0.1, 0.15) is 69.7 Å². The summed E-state index contributed by atoms with van der Waals surface area (Å²) in [7, 11) is 0. The Balaban J connectivity index is 1.61. The zero-order valence-electron chi connectivity index (χ0n) is 25.5. The summed E-state index contributed by atoms with van der Waals surface area (Å²) in [5.41, 5.74) is 11.8. The Bertz CT molecular complexity index is 1930. The minimum Gasteiger partial charge on any atom is -0.455 e. The van der Waals surface area contributed by atoms with E-state index in [-0.39, 0.29) is 10.8 Å². The third-order valence-electron chi connectivity index (χ3n) is 9.42. The molecule has 0 fully saturated rings. The quantitative estimate of drug-likeness (QED) is 0.214. The van der Waals surface area contributed by atoms with Crippen molar-refractivity contribution in [1.82, 2.24) is 4.98 Å². The molecule has 210 valence electrons. The molecule has 0 atom stereocenters. The number of hydrogen-bond donors (Lipinski definition) is 0. The highest BCUT2D eigenvalue weighted by Gasteiger charge is 2.43. The van der Waals surface area contributed by atoms with Crippen LogP contribution in [-0.2, 0) is 10.8 Å². The largest absolute Gasteiger partial charge is 0.455 e. The molecular formula is C39H38N2O. The summed E-state index contributed by atoms with van der Waals surface area (Å²) < 4.78 is 6.83. The standard InChI is InChI=1S/C39H38N2O/c1-7-39(8-2)30-15-11-9-13-28(30)35-31(39)23-32(36-29-14-10-12-16-33(29)42-37(35)36)41(34-22-17-25(3)24-40-34)27-20-18-26(19-21-27)38(4,5)6/h9-24H,7-8H2,1-6H3. The van der Waals surface area contributed by atoms with Crippen LogP contribution in [0.5, 0.6) is 0 Å². The first-order valence-electron chi connectivity index (χ1n) is 15.2. The van der Waals surface area contributed by atoms with Gasteiger partial charge in [-0.25, -0.2) is 4.98 Å². The van der Waals surface area contributed by atoms with Gasteiger partial charge in [-0.15, -0.1) is 0 Å². The fraction of sp³-hybridized carbons (Fsp3) is 0.256. The average molecular weight is 551 g/mol. The zero-order valence-corrected chi connectivity index (χ0v) is 25.5. The molecule has 2 heterocycles. The van der Waals surface area contributed by atoms with Crippen LogP contribution in [0.25, 0.3) is 33.1 Å². The Hall–Kier alpha value is -4.37. The zero-order chi connectivity index (χ0) is 29.2. The van der Waals surface area contributed by atoms with Gasteiger partial charge in [0.15, 0.2) is 0 Å². The molecule has 0 amide bonds. The van der Waals surface area contributed by atoms with Crippen molar-refractivity contribution in [3.05, 3.63) is 119 Å². The van der Waals surface area contributed by atoms with Gasteiger partial charge >= 0.3 is 0 Å². The molecule has 2 aromatic heterocycles. The van der Waals surface area contributed by atoms with Crippen LogP contribution in [0.3, 0.4) is 0 Å². The summed E-state index contributed by atoms with van der Waals surface area (Å²) in [5.74, 6) is 0.893. The van der Waals surface area contributed by atoms with Crippen molar-refractivity contribution in [1.29, 1.82) is 0 Å². The van der Waals surface area contributed by atoms with Crippen LogP contribution in [0.15, 0.2) is 102 Å². The monoisotopic (exact) mass is 550 g/mol. The Morgan fingerprint density at radius 2 is 1.52 bits per heavy atom. The van der Waals surface area contributed by atoms with Crippen LogP contribution in [0.2, 0.25) is 0 Å². The fourth-order valence-corrected chi connectivity index (χ4v) is 7.07. The van der Waals surface area contributed by atoms with Crippen LogP contribution in [0.4, 0.5) is 17.2 Å². The van der Waals surface area contributed by atoms with E-state index in [1.807, 2.05) is 6.20 Å². The molecule has 7 rings (SSSR count). The number of furan rings is 1. The molecule has 0 saturated carbocycles. The van der Waals surface area contributed by atoms with Gasteiger partial charge in [0, 0.05) is 28.2 Å². The summed E-state index contributed by atoms with van der Waals surface area (Å²) in [5, 5.41) is 2.25. The molecular weight excluding hydrogens is 512 g/mol. The van der Waals surface area contributed by atoms with Crippen molar-refractivity contribution >= 4 is 39.1 Å². The first-order chi connectivity index (χ1) is 20.3. The van der Waals surface area contributed by atoms with Gasteiger partial charge in [0.25, 0.3) is 0 Å². The molecule has 42 heavy (non-hydrogen) atoms. The van der Waals surface area contributed by atoms with Gasteiger partial charge in [0.1, 0.15) is 17.0 Å². The summed E-state index contributed by atoms with van der Waals surface area (Å²) in [6.45, 7) is 13.5. The Morgan fingerprint density at radius 1 is 0.810 bits per heavy atom. The van der Waals surface area contributed by atoms with E-state index in [2.05, 4.69) is 137 Å². The number of pyridine rings is 1. The Morgan fingerprint density at radius 3 is 2.21 bits per heavy atom. The van der Waals surface area contributed by atoms with Crippen molar-refractivity contribution in [3.63, 3.8) is 0 Å². The second-order valence-corrected chi connectivity index (χ2v) is 12.8. The molecule has 0 bridgehead atoms. The van der Waals surface area contributed by atoms with E-state index < -0.39 is 0 Å². The minimum absolute atomic E-state index is 0.0701. The van der Waals surface area contributed by atoms with Gasteiger partial charge in [-0.05, 0) is 83.3 Å². The molecule has 3 nitrogen and oxygen atoms in total. The second kappa shape index (κ2) is 9.59. The van der Waals surface area contributed by atoms with E-state index in [4.69, 9.17) is 9.40 Å². The summed E-state index contributed by atoms with van der Waals surface area (Å²) in [6.07, 6.45) is 3.99. The molecule has 3 heteroatoms. The van der Waals surface area contributed by atoms with Crippen molar-refractivity contribution in [2.24, 2.45) is 0 Å². The number of rotatable bonds is 5. The lowest BCUT2D eigenvalue weighted by Crippen LogP contribution is -2.23. The molecule has 6 aromatic rings. The molecule has 0 saturated heterocycles. The van der Waals surface area contributed by atoms with Gasteiger partial charge in [0.05, 0.1) is 11.1 Å². The lowest BCUT2D eigenvalue weighted by atomic mass is 9.73. The van der Waals surface area contributed by atoms with Gasteiger partial charge in [-0.3, -0.25) is 4.90 Å². The molecule has 0 N–H and O–H groups in total.